The van der Waals surface area contributed by atoms with Crippen molar-refractivity contribution in [2.75, 3.05) is 0 Å². The van der Waals surface area contributed by atoms with E-state index in [0.717, 1.165) is 99.2 Å². The van der Waals surface area contributed by atoms with Gasteiger partial charge in [0, 0.05) is 60.8 Å². The van der Waals surface area contributed by atoms with E-state index in [9.17, 15) is 0 Å². The highest BCUT2D eigenvalue weighted by atomic mass is 16.3. The first kappa shape index (κ1) is 31.5. The van der Waals surface area contributed by atoms with Crippen LogP contribution in [0.2, 0.25) is 0 Å². The average molecular weight is 731 g/mol. The van der Waals surface area contributed by atoms with E-state index in [1.165, 1.54) is 0 Å². The van der Waals surface area contributed by atoms with Crippen molar-refractivity contribution in [1.82, 2.24) is 19.5 Å². The zero-order valence-corrected chi connectivity index (χ0v) is 30.4. The lowest BCUT2D eigenvalue weighted by molar-refractivity contribution is 0.668. The van der Waals surface area contributed by atoms with E-state index in [1.807, 2.05) is 60.7 Å². The molecular weight excluding hydrogens is 701 g/mol. The molecule has 266 valence electrons. The highest BCUT2D eigenvalue weighted by molar-refractivity contribution is 6.14. The molecule has 0 fully saturated rings. The van der Waals surface area contributed by atoms with E-state index in [2.05, 4.69) is 126 Å². The van der Waals surface area contributed by atoms with E-state index >= 15 is 0 Å². The van der Waals surface area contributed by atoms with Gasteiger partial charge in [-0.1, -0.05) is 127 Å². The van der Waals surface area contributed by atoms with Crippen LogP contribution in [-0.2, 0) is 0 Å². The van der Waals surface area contributed by atoms with Crippen molar-refractivity contribution in [2.24, 2.45) is 0 Å². The molecule has 4 aromatic heterocycles. The molecule has 0 unspecified atom stereocenters. The van der Waals surface area contributed by atoms with Gasteiger partial charge >= 0.3 is 0 Å². The number of hydrogen-bond acceptors (Lipinski definition) is 5. The molecule has 12 aromatic rings. The van der Waals surface area contributed by atoms with E-state index in [-0.39, 0.29) is 0 Å². The minimum atomic E-state index is 0.576. The van der Waals surface area contributed by atoms with Gasteiger partial charge in [0.05, 0.1) is 11.0 Å². The van der Waals surface area contributed by atoms with E-state index in [4.69, 9.17) is 23.8 Å². The van der Waals surface area contributed by atoms with Gasteiger partial charge in [0.1, 0.15) is 22.3 Å². The maximum atomic E-state index is 6.58. The third-order valence-electron chi connectivity index (χ3n) is 11.1. The molecule has 0 N–H and O–H groups in total. The summed E-state index contributed by atoms with van der Waals surface area (Å²) in [4.78, 5) is 15.2. The van der Waals surface area contributed by atoms with Gasteiger partial charge in [-0.2, -0.15) is 0 Å². The first-order valence-corrected chi connectivity index (χ1v) is 19.0. The number of rotatable bonds is 5. The smallest absolute Gasteiger partial charge is 0.164 e. The topological polar surface area (TPSA) is 69.9 Å². The number of nitrogens with zero attached hydrogens (tertiary/aromatic N) is 4. The Labute approximate surface area is 325 Å². The van der Waals surface area contributed by atoms with Gasteiger partial charge in [-0.25, -0.2) is 15.0 Å². The Kier molecular flexibility index (Phi) is 6.83. The van der Waals surface area contributed by atoms with E-state index in [1.54, 1.807) is 0 Å². The van der Waals surface area contributed by atoms with Gasteiger partial charge in [-0.05, 0) is 59.7 Å². The number of benzene rings is 8. The molecule has 0 aliphatic heterocycles. The van der Waals surface area contributed by atoms with Gasteiger partial charge in [0.25, 0.3) is 0 Å². The van der Waals surface area contributed by atoms with Crippen LogP contribution >= 0.6 is 0 Å². The van der Waals surface area contributed by atoms with Crippen molar-refractivity contribution < 1.29 is 8.83 Å². The number of fused-ring (bicyclic) bond motifs is 9. The van der Waals surface area contributed by atoms with Crippen LogP contribution in [0.4, 0.5) is 0 Å². The van der Waals surface area contributed by atoms with Gasteiger partial charge in [-0.3, -0.25) is 0 Å². The fourth-order valence-corrected chi connectivity index (χ4v) is 8.42. The van der Waals surface area contributed by atoms with Gasteiger partial charge in [0.15, 0.2) is 17.5 Å². The predicted octanol–water partition coefficient (Wildman–Crippen LogP) is 13.4. The summed E-state index contributed by atoms with van der Waals surface area (Å²) >= 11 is 0. The number of para-hydroxylation sites is 2. The van der Waals surface area contributed by atoms with Gasteiger partial charge in [0.2, 0.25) is 0 Å². The summed E-state index contributed by atoms with van der Waals surface area (Å²) in [5.74, 6) is 1.77. The second kappa shape index (κ2) is 12.3. The maximum Gasteiger partial charge on any atom is 0.164 e. The second-order valence-corrected chi connectivity index (χ2v) is 14.4. The molecular formula is C51H30N4O2. The molecule has 6 heteroatoms. The molecule has 4 heterocycles. The van der Waals surface area contributed by atoms with Crippen LogP contribution < -0.4 is 0 Å². The number of furan rings is 2. The van der Waals surface area contributed by atoms with Crippen LogP contribution in [0.15, 0.2) is 191 Å². The maximum absolute atomic E-state index is 6.58. The first-order chi connectivity index (χ1) is 28.2. The van der Waals surface area contributed by atoms with Crippen LogP contribution in [0.25, 0.3) is 117 Å². The summed E-state index contributed by atoms with van der Waals surface area (Å²) in [5, 5.41) is 6.65. The zero-order chi connectivity index (χ0) is 37.5. The highest BCUT2D eigenvalue weighted by Crippen LogP contribution is 2.40. The SMILES string of the molecule is c1ccc(-c2nc(-c3ccc4c(c3)oc3ccccc34)nc(-c3ccc4c5ccccc5n(-c5ccc6c(c5)oc5cccc(-c7ccccc7)c56)c4c3)n2)cc1. The summed E-state index contributed by atoms with van der Waals surface area (Å²) in [5.41, 5.74) is 11.5. The Bertz CT molecular complexity index is 3530. The molecule has 0 radical (unpaired) electrons. The monoisotopic (exact) mass is 730 g/mol. The third-order valence-corrected chi connectivity index (χ3v) is 11.1. The molecule has 0 atom stereocenters. The molecule has 0 saturated carbocycles. The van der Waals surface area contributed by atoms with Crippen molar-refractivity contribution in [3.05, 3.63) is 182 Å². The van der Waals surface area contributed by atoms with Crippen molar-refractivity contribution >= 4 is 65.7 Å². The van der Waals surface area contributed by atoms with Crippen molar-refractivity contribution in [3.63, 3.8) is 0 Å². The molecule has 57 heavy (non-hydrogen) atoms. The minimum Gasteiger partial charge on any atom is -0.456 e. The molecule has 0 aliphatic rings. The summed E-state index contributed by atoms with van der Waals surface area (Å²) in [6, 6.07) is 62.7. The fourth-order valence-electron chi connectivity index (χ4n) is 8.42. The zero-order valence-electron chi connectivity index (χ0n) is 30.4. The molecule has 0 aliphatic carbocycles. The number of aromatic nitrogens is 4. The lowest BCUT2D eigenvalue weighted by Gasteiger charge is -2.10. The molecule has 0 bridgehead atoms. The Morgan fingerprint density at radius 2 is 0.895 bits per heavy atom. The Hall–Kier alpha value is -7.83. The summed E-state index contributed by atoms with van der Waals surface area (Å²) in [6.45, 7) is 0. The Balaban J connectivity index is 1.04. The Morgan fingerprint density at radius 3 is 1.70 bits per heavy atom. The van der Waals surface area contributed by atoms with E-state index in [0.29, 0.717) is 17.5 Å². The highest BCUT2D eigenvalue weighted by Gasteiger charge is 2.19. The molecule has 8 aromatic carbocycles. The van der Waals surface area contributed by atoms with Crippen molar-refractivity contribution in [2.45, 2.75) is 0 Å². The third kappa shape index (κ3) is 5.01. The lowest BCUT2D eigenvalue weighted by Crippen LogP contribution is -2.00. The van der Waals surface area contributed by atoms with Crippen LogP contribution in [-0.4, -0.2) is 19.5 Å². The van der Waals surface area contributed by atoms with Gasteiger partial charge in [-0.15, -0.1) is 0 Å². The largest absolute Gasteiger partial charge is 0.456 e. The second-order valence-electron chi connectivity index (χ2n) is 14.4. The standard InChI is InChI=1S/C51H30N4O2/c1-3-12-31(13-4-1)36-18-11-21-45-48(36)41-27-24-35(30-47(41)57-45)55-42-19-9-7-16-37(42)38-25-22-33(28-43(38)55)50-52-49(32-14-5-2-6-15-32)53-51(54-50)34-23-26-40-39-17-8-10-20-44(39)56-46(40)29-34/h1-30H. The molecule has 6 nitrogen and oxygen atoms in total. The quantitative estimate of drug-likeness (QED) is 0.176. The summed E-state index contributed by atoms with van der Waals surface area (Å²) < 4.78 is 15.2. The molecule has 0 saturated heterocycles. The van der Waals surface area contributed by atoms with E-state index < -0.39 is 0 Å². The van der Waals surface area contributed by atoms with Crippen molar-refractivity contribution in [1.29, 1.82) is 0 Å². The van der Waals surface area contributed by atoms with Crippen LogP contribution in [0, 0.1) is 0 Å². The average Bonchev–Trinajstić information content (AvgIpc) is 3.95. The normalized spacial score (nSPS) is 11.9. The predicted molar refractivity (Wildman–Crippen MR) is 230 cm³/mol. The minimum absolute atomic E-state index is 0.576. The first-order valence-electron chi connectivity index (χ1n) is 19.0. The summed E-state index contributed by atoms with van der Waals surface area (Å²) in [7, 11) is 0. The molecule has 0 spiro atoms. The number of hydrogen-bond donors (Lipinski definition) is 0. The fraction of sp³-hybridized carbons (Fsp3) is 0. The lowest BCUT2D eigenvalue weighted by atomic mass is 9.99. The molecule has 0 amide bonds. The summed E-state index contributed by atoms with van der Waals surface area (Å²) in [6.07, 6.45) is 0. The van der Waals surface area contributed by atoms with Crippen molar-refractivity contribution in [3.8, 4) is 51.0 Å². The Morgan fingerprint density at radius 1 is 0.333 bits per heavy atom. The van der Waals surface area contributed by atoms with Gasteiger partial charge < -0.3 is 13.4 Å². The molecule has 12 rings (SSSR count). The van der Waals surface area contributed by atoms with Crippen LogP contribution in [0.5, 0.6) is 0 Å². The van der Waals surface area contributed by atoms with Crippen LogP contribution in [0.3, 0.4) is 0 Å². The van der Waals surface area contributed by atoms with Crippen LogP contribution in [0.1, 0.15) is 0 Å².